The average Bonchev–Trinajstić information content (AvgIpc) is 2.43. The highest BCUT2D eigenvalue weighted by atomic mass is 16.8. The minimum absolute atomic E-state index is 0.166. The number of cyclic esters (lactones) is 1. The van der Waals surface area contributed by atoms with Crippen LogP contribution in [0, 0.1) is 0 Å². The third-order valence-corrected chi connectivity index (χ3v) is 2.83. The molecule has 1 spiro atoms. The second kappa shape index (κ2) is 2.84. The minimum Gasteiger partial charge on any atom is -0.430 e. The van der Waals surface area contributed by atoms with Crippen molar-refractivity contribution in [1.82, 2.24) is 0 Å². The maximum absolute atomic E-state index is 10.8. The molecule has 0 aliphatic carbocycles. The van der Waals surface area contributed by atoms with Crippen LogP contribution in [-0.4, -0.2) is 41.8 Å². The van der Waals surface area contributed by atoms with Crippen molar-refractivity contribution in [3.8, 4) is 0 Å². The summed E-state index contributed by atoms with van der Waals surface area (Å²) in [5.74, 6) is 0. The van der Waals surface area contributed by atoms with Crippen molar-refractivity contribution in [3.63, 3.8) is 0 Å². The van der Waals surface area contributed by atoms with Gasteiger partial charge in [0.05, 0.1) is 18.3 Å². The quantitative estimate of drug-likeness (QED) is 0.578. The molecule has 5 heteroatoms. The maximum Gasteiger partial charge on any atom is 0.509 e. The summed E-state index contributed by atoms with van der Waals surface area (Å²) >= 11 is 0. The summed E-state index contributed by atoms with van der Waals surface area (Å²) in [6.45, 7) is 4.06. The van der Waals surface area contributed by atoms with Crippen molar-refractivity contribution in [1.29, 1.82) is 0 Å². The Morgan fingerprint density at radius 2 is 2.14 bits per heavy atom. The third kappa shape index (κ3) is 1.46. The van der Waals surface area contributed by atoms with E-state index in [9.17, 15) is 9.90 Å². The molecule has 2 heterocycles. The lowest BCUT2D eigenvalue weighted by molar-refractivity contribution is -0.198. The lowest BCUT2D eigenvalue weighted by Gasteiger charge is -2.42. The van der Waals surface area contributed by atoms with Gasteiger partial charge in [-0.3, -0.25) is 0 Å². The van der Waals surface area contributed by atoms with Gasteiger partial charge in [-0.25, -0.2) is 4.79 Å². The van der Waals surface area contributed by atoms with Crippen LogP contribution >= 0.6 is 0 Å². The van der Waals surface area contributed by atoms with E-state index in [-0.39, 0.29) is 13.2 Å². The zero-order chi connectivity index (χ0) is 10.4. The van der Waals surface area contributed by atoms with E-state index in [1.54, 1.807) is 0 Å². The molecule has 0 aromatic rings. The number of hydrogen-bond donors (Lipinski definition) is 1. The van der Waals surface area contributed by atoms with Crippen LogP contribution in [0.5, 0.6) is 0 Å². The second-order valence-electron chi connectivity index (χ2n) is 4.44. The van der Waals surface area contributed by atoms with Gasteiger partial charge in [-0.15, -0.1) is 0 Å². The topological polar surface area (TPSA) is 65.0 Å². The predicted molar refractivity (Wildman–Crippen MR) is 45.8 cm³/mol. The van der Waals surface area contributed by atoms with E-state index in [0.717, 1.165) is 0 Å². The Kier molecular flexibility index (Phi) is 1.97. The first-order valence-corrected chi connectivity index (χ1v) is 4.61. The monoisotopic (exact) mass is 202 g/mol. The first kappa shape index (κ1) is 9.73. The zero-order valence-corrected chi connectivity index (χ0v) is 8.28. The maximum atomic E-state index is 10.8. The van der Waals surface area contributed by atoms with Crippen molar-refractivity contribution in [2.45, 2.75) is 37.6 Å². The summed E-state index contributed by atoms with van der Waals surface area (Å²) in [4.78, 5) is 10.8. The van der Waals surface area contributed by atoms with Gasteiger partial charge in [-0.2, -0.15) is 0 Å². The normalized spacial score (nSPS) is 40.8. The van der Waals surface area contributed by atoms with E-state index in [2.05, 4.69) is 0 Å². The molecule has 2 aliphatic rings. The lowest BCUT2D eigenvalue weighted by Crippen LogP contribution is -2.55. The molecule has 2 atom stereocenters. The van der Waals surface area contributed by atoms with E-state index in [1.165, 1.54) is 0 Å². The van der Waals surface area contributed by atoms with Crippen LogP contribution in [0.1, 0.15) is 20.3 Å². The Morgan fingerprint density at radius 3 is 2.64 bits per heavy atom. The minimum atomic E-state index is -0.772. The molecule has 14 heavy (non-hydrogen) atoms. The highest BCUT2D eigenvalue weighted by molar-refractivity contribution is 5.62. The van der Waals surface area contributed by atoms with Crippen LogP contribution in [-0.2, 0) is 14.2 Å². The van der Waals surface area contributed by atoms with Crippen molar-refractivity contribution in [2.75, 3.05) is 13.2 Å². The van der Waals surface area contributed by atoms with E-state index >= 15 is 0 Å². The summed E-state index contributed by atoms with van der Waals surface area (Å²) in [7, 11) is 0. The molecule has 0 aromatic carbocycles. The SMILES string of the molecule is CC1(C)OC[C@]2(COC(=O)O2)C[C@H]1O. The fraction of sp³-hybridized carbons (Fsp3) is 0.889. The Balaban J connectivity index is 2.09. The molecule has 0 saturated carbocycles. The number of aliphatic hydroxyl groups excluding tert-OH is 1. The van der Waals surface area contributed by atoms with Gasteiger partial charge in [0.25, 0.3) is 0 Å². The number of ether oxygens (including phenoxy) is 3. The van der Waals surface area contributed by atoms with E-state index in [1.807, 2.05) is 13.8 Å². The van der Waals surface area contributed by atoms with Gasteiger partial charge in [0.15, 0.2) is 5.60 Å². The lowest BCUT2D eigenvalue weighted by atomic mass is 9.86. The summed E-state index contributed by atoms with van der Waals surface area (Å²) in [6.07, 6.45) is -0.961. The molecule has 0 unspecified atom stereocenters. The smallest absolute Gasteiger partial charge is 0.430 e. The molecule has 2 aliphatic heterocycles. The van der Waals surface area contributed by atoms with E-state index in [0.29, 0.717) is 6.42 Å². The largest absolute Gasteiger partial charge is 0.509 e. The van der Waals surface area contributed by atoms with E-state index in [4.69, 9.17) is 14.2 Å². The Morgan fingerprint density at radius 1 is 1.43 bits per heavy atom. The molecule has 80 valence electrons. The molecule has 0 amide bonds. The number of carbonyl (C=O) groups excluding carboxylic acids is 1. The molecule has 2 saturated heterocycles. The van der Waals surface area contributed by atoms with Crippen LogP contribution in [0.4, 0.5) is 4.79 Å². The van der Waals surface area contributed by atoms with Crippen LogP contribution in [0.15, 0.2) is 0 Å². The van der Waals surface area contributed by atoms with Crippen LogP contribution in [0.25, 0.3) is 0 Å². The molecular formula is C9H14O5. The van der Waals surface area contributed by atoms with E-state index < -0.39 is 23.5 Å². The second-order valence-corrected chi connectivity index (χ2v) is 4.44. The Hall–Kier alpha value is -0.810. The van der Waals surface area contributed by atoms with Gasteiger partial charge in [0.2, 0.25) is 0 Å². The first-order valence-electron chi connectivity index (χ1n) is 4.61. The standard InChI is InChI=1S/C9H14O5/c1-8(2)6(10)3-9(5-13-8)4-12-7(11)14-9/h6,10H,3-5H2,1-2H3/t6-,9-/m1/s1. The van der Waals surface area contributed by atoms with Gasteiger partial charge >= 0.3 is 6.16 Å². The molecule has 0 bridgehead atoms. The van der Waals surface area contributed by atoms with Gasteiger partial charge in [-0.05, 0) is 13.8 Å². The third-order valence-electron chi connectivity index (χ3n) is 2.83. The molecule has 0 aromatic heterocycles. The van der Waals surface area contributed by atoms with Crippen molar-refractivity contribution >= 4 is 6.16 Å². The highest BCUT2D eigenvalue weighted by Crippen LogP contribution is 2.35. The molecular weight excluding hydrogens is 188 g/mol. The Labute approximate surface area is 81.9 Å². The van der Waals surface area contributed by atoms with Crippen molar-refractivity contribution in [3.05, 3.63) is 0 Å². The molecule has 1 N–H and O–H groups in total. The fourth-order valence-corrected chi connectivity index (χ4v) is 1.67. The molecule has 0 radical (unpaired) electrons. The summed E-state index contributed by atoms with van der Waals surface area (Å²) in [5, 5.41) is 9.78. The summed E-state index contributed by atoms with van der Waals surface area (Å²) in [5.41, 5.74) is -1.35. The van der Waals surface area contributed by atoms with Gasteiger partial charge in [0, 0.05) is 6.42 Å². The average molecular weight is 202 g/mol. The summed E-state index contributed by atoms with van der Waals surface area (Å²) < 4.78 is 15.2. The fourth-order valence-electron chi connectivity index (χ4n) is 1.67. The van der Waals surface area contributed by atoms with Gasteiger partial charge in [0.1, 0.15) is 6.61 Å². The van der Waals surface area contributed by atoms with Gasteiger partial charge < -0.3 is 19.3 Å². The van der Waals surface area contributed by atoms with Crippen LogP contribution in [0.2, 0.25) is 0 Å². The Bertz CT molecular complexity index is 262. The highest BCUT2D eigenvalue weighted by Gasteiger charge is 2.51. The number of aliphatic hydroxyl groups is 1. The van der Waals surface area contributed by atoms with Crippen LogP contribution < -0.4 is 0 Å². The van der Waals surface area contributed by atoms with Gasteiger partial charge in [-0.1, -0.05) is 0 Å². The van der Waals surface area contributed by atoms with Crippen LogP contribution in [0.3, 0.4) is 0 Å². The first-order chi connectivity index (χ1) is 6.44. The molecule has 2 fully saturated rings. The number of rotatable bonds is 0. The number of carbonyl (C=O) groups is 1. The summed E-state index contributed by atoms with van der Waals surface area (Å²) in [6, 6.07) is 0. The van der Waals surface area contributed by atoms with Crippen molar-refractivity contribution in [2.24, 2.45) is 0 Å². The number of hydrogen-bond acceptors (Lipinski definition) is 5. The van der Waals surface area contributed by atoms with Crippen molar-refractivity contribution < 1.29 is 24.1 Å². The zero-order valence-electron chi connectivity index (χ0n) is 8.28. The molecule has 5 nitrogen and oxygen atoms in total. The predicted octanol–water partition coefficient (Wildman–Crippen LogP) is 0.452. The molecule has 2 rings (SSSR count).